The van der Waals surface area contributed by atoms with E-state index in [0.717, 1.165) is 10.0 Å². The fraction of sp³-hybridized carbons (Fsp3) is 0.143. The van der Waals surface area contributed by atoms with Crippen LogP contribution in [0.2, 0.25) is 0 Å². The molecule has 3 rings (SSSR count). The highest BCUT2D eigenvalue weighted by Crippen LogP contribution is 2.13. The van der Waals surface area contributed by atoms with Gasteiger partial charge < -0.3 is 0 Å². The third kappa shape index (κ3) is 4.97. The van der Waals surface area contributed by atoms with Crippen LogP contribution in [0.15, 0.2) is 63.9 Å². The highest BCUT2D eigenvalue weighted by atomic mass is 79.9. The first kappa shape index (κ1) is 20.5. The summed E-state index contributed by atoms with van der Waals surface area (Å²) < 4.78 is 2.21. The van der Waals surface area contributed by atoms with Gasteiger partial charge in [0.25, 0.3) is 17.4 Å². The first-order valence-corrected chi connectivity index (χ1v) is 9.82. The minimum Gasteiger partial charge on any atom is -0.268 e. The van der Waals surface area contributed by atoms with Gasteiger partial charge in [0.2, 0.25) is 0 Å². The summed E-state index contributed by atoms with van der Waals surface area (Å²) in [7, 11) is 0. The molecule has 0 atom stereocenters. The Bertz CT molecular complexity index is 1140. The normalized spacial score (nSPS) is 11.0. The molecule has 0 spiro atoms. The van der Waals surface area contributed by atoms with Crippen molar-refractivity contribution >= 4 is 44.6 Å². The number of benzene rings is 2. The monoisotopic (exact) mass is 454 g/mol. The number of aryl methyl sites for hydroxylation is 1. The molecule has 1 aromatic heterocycles. The van der Waals surface area contributed by atoms with Gasteiger partial charge in [0.1, 0.15) is 0 Å². The highest BCUT2D eigenvalue weighted by molar-refractivity contribution is 9.10. The third-order valence-corrected chi connectivity index (χ3v) is 4.64. The molecule has 0 aliphatic rings. The van der Waals surface area contributed by atoms with Crippen LogP contribution in [0.25, 0.3) is 16.8 Å². The van der Waals surface area contributed by atoms with Gasteiger partial charge in [-0.25, -0.2) is 4.68 Å². The first-order valence-electron chi connectivity index (χ1n) is 9.03. The maximum Gasteiger partial charge on any atom is 0.290 e. The zero-order chi connectivity index (χ0) is 20.8. The van der Waals surface area contributed by atoms with Gasteiger partial charge in [-0.05, 0) is 36.3 Å². The molecule has 1 heterocycles. The van der Waals surface area contributed by atoms with Crippen LogP contribution in [0.1, 0.15) is 29.4 Å². The molecule has 0 saturated carbocycles. The number of carbonyl (C=O) groups excluding carboxylic acids is 2. The fourth-order valence-corrected chi connectivity index (χ4v) is 3.00. The van der Waals surface area contributed by atoms with E-state index in [1.807, 2.05) is 31.2 Å². The SMILES string of the molecule is CCCn1nc(C(=O)NNC(=O)/C=C/c2ccc(Br)cc2)c2ccccc2c1=O. The van der Waals surface area contributed by atoms with Crippen molar-refractivity contribution in [2.75, 3.05) is 0 Å². The minimum atomic E-state index is -0.601. The number of hydrogen-bond acceptors (Lipinski definition) is 4. The number of hydrogen-bond donors (Lipinski definition) is 2. The molecule has 0 fully saturated rings. The average Bonchev–Trinajstić information content (AvgIpc) is 2.73. The lowest BCUT2D eigenvalue weighted by Crippen LogP contribution is -2.42. The summed E-state index contributed by atoms with van der Waals surface area (Å²) in [6.07, 6.45) is 3.64. The van der Waals surface area contributed by atoms with Crippen LogP contribution in [0, 0.1) is 0 Å². The standard InChI is InChI=1S/C21H19BrN4O3/c1-2-13-26-21(29)17-6-4-3-5-16(17)19(25-26)20(28)24-23-18(27)12-9-14-7-10-15(22)11-8-14/h3-12H,2,13H2,1H3,(H,23,27)(H,24,28)/b12-9+. The molecule has 29 heavy (non-hydrogen) atoms. The second-order valence-electron chi connectivity index (χ2n) is 6.25. The molecule has 0 radical (unpaired) electrons. The van der Waals surface area contributed by atoms with Crippen molar-refractivity contribution in [1.82, 2.24) is 20.6 Å². The van der Waals surface area contributed by atoms with E-state index in [0.29, 0.717) is 23.7 Å². The van der Waals surface area contributed by atoms with E-state index in [9.17, 15) is 14.4 Å². The van der Waals surface area contributed by atoms with Crippen molar-refractivity contribution in [3.63, 3.8) is 0 Å². The van der Waals surface area contributed by atoms with Crippen molar-refractivity contribution in [1.29, 1.82) is 0 Å². The second kappa shape index (κ2) is 9.29. The van der Waals surface area contributed by atoms with Crippen LogP contribution in [0.5, 0.6) is 0 Å². The predicted molar refractivity (Wildman–Crippen MR) is 115 cm³/mol. The van der Waals surface area contributed by atoms with Crippen LogP contribution in [-0.2, 0) is 11.3 Å². The van der Waals surface area contributed by atoms with Crippen LogP contribution in [-0.4, -0.2) is 21.6 Å². The van der Waals surface area contributed by atoms with Crippen LogP contribution in [0.4, 0.5) is 0 Å². The molecule has 3 aromatic rings. The molecule has 0 aliphatic carbocycles. The number of aromatic nitrogens is 2. The summed E-state index contributed by atoms with van der Waals surface area (Å²) in [5.41, 5.74) is 5.35. The molecule has 0 unspecified atom stereocenters. The molecular weight excluding hydrogens is 436 g/mol. The number of rotatable bonds is 5. The van der Waals surface area contributed by atoms with Crippen molar-refractivity contribution in [3.05, 3.63) is 80.7 Å². The van der Waals surface area contributed by atoms with Gasteiger partial charge in [-0.1, -0.05) is 53.2 Å². The summed E-state index contributed by atoms with van der Waals surface area (Å²) >= 11 is 3.35. The lowest BCUT2D eigenvalue weighted by molar-refractivity contribution is -0.117. The topological polar surface area (TPSA) is 93.1 Å². The molecule has 0 saturated heterocycles. The number of fused-ring (bicyclic) bond motifs is 1. The Morgan fingerprint density at radius 2 is 1.76 bits per heavy atom. The predicted octanol–water partition coefficient (Wildman–Crippen LogP) is 3.04. The van der Waals surface area contributed by atoms with E-state index in [2.05, 4.69) is 31.9 Å². The van der Waals surface area contributed by atoms with Crippen LogP contribution >= 0.6 is 15.9 Å². The summed E-state index contributed by atoms with van der Waals surface area (Å²) in [4.78, 5) is 37.1. The zero-order valence-corrected chi connectivity index (χ0v) is 17.3. The summed E-state index contributed by atoms with van der Waals surface area (Å²) in [5, 5.41) is 5.03. The molecule has 7 nitrogen and oxygen atoms in total. The Kier molecular flexibility index (Phi) is 6.56. The lowest BCUT2D eigenvalue weighted by atomic mass is 10.1. The maximum absolute atomic E-state index is 12.6. The maximum atomic E-state index is 12.6. The van der Waals surface area contributed by atoms with Crippen LogP contribution < -0.4 is 16.4 Å². The average molecular weight is 455 g/mol. The van der Waals surface area contributed by atoms with Gasteiger partial charge in [-0.3, -0.25) is 25.2 Å². The Labute approximate surface area is 175 Å². The number of carbonyl (C=O) groups is 2. The van der Waals surface area contributed by atoms with Crippen molar-refractivity contribution in [3.8, 4) is 0 Å². The van der Waals surface area contributed by atoms with E-state index in [4.69, 9.17) is 0 Å². The van der Waals surface area contributed by atoms with E-state index in [1.165, 1.54) is 10.8 Å². The summed E-state index contributed by atoms with van der Waals surface area (Å²) in [5.74, 6) is -1.09. The third-order valence-electron chi connectivity index (χ3n) is 4.11. The quantitative estimate of drug-likeness (QED) is 0.457. The van der Waals surface area contributed by atoms with Gasteiger partial charge in [0.15, 0.2) is 5.69 Å². The highest BCUT2D eigenvalue weighted by Gasteiger charge is 2.16. The Morgan fingerprint density at radius 3 is 2.45 bits per heavy atom. The van der Waals surface area contributed by atoms with E-state index in [-0.39, 0.29) is 11.3 Å². The van der Waals surface area contributed by atoms with Crippen molar-refractivity contribution in [2.45, 2.75) is 19.9 Å². The number of nitrogens with zero attached hydrogens (tertiary/aromatic N) is 2. The number of amides is 2. The molecule has 0 aliphatic heterocycles. The van der Waals surface area contributed by atoms with E-state index < -0.39 is 11.8 Å². The number of halogens is 1. The van der Waals surface area contributed by atoms with Crippen molar-refractivity contribution < 1.29 is 9.59 Å². The first-order chi connectivity index (χ1) is 14.0. The van der Waals surface area contributed by atoms with Crippen molar-refractivity contribution in [2.24, 2.45) is 0 Å². The molecule has 2 aromatic carbocycles. The number of nitrogens with one attached hydrogen (secondary N) is 2. The Balaban J connectivity index is 1.76. The van der Waals surface area contributed by atoms with Gasteiger partial charge >= 0.3 is 0 Å². The Morgan fingerprint density at radius 1 is 1.07 bits per heavy atom. The lowest BCUT2D eigenvalue weighted by Gasteiger charge is -2.10. The van der Waals surface area contributed by atoms with Gasteiger partial charge in [0.05, 0.1) is 5.39 Å². The summed E-state index contributed by atoms with van der Waals surface area (Å²) in [6, 6.07) is 14.2. The molecule has 148 valence electrons. The minimum absolute atomic E-state index is 0.0749. The Hall–Kier alpha value is -3.26. The smallest absolute Gasteiger partial charge is 0.268 e. The van der Waals surface area contributed by atoms with Crippen LogP contribution in [0.3, 0.4) is 0 Å². The second-order valence-corrected chi connectivity index (χ2v) is 7.17. The number of hydrazine groups is 1. The fourth-order valence-electron chi connectivity index (χ4n) is 2.73. The zero-order valence-electron chi connectivity index (χ0n) is 15.7. The van der Waals surface area contributed by atoms with Gasteiger partial charge in [-0.2, -0.15) is 5.10 Å². The van der Waals surface area contributed by atoms with E-state index in [1.54, 1.807) is 30.3 Å². The largest absolute Gasteiger partial charge is 0.290 e. The molecule has 8 heteroatoms. The van der Waals surface area contributed by atoms with Gasteiger partial charge in [-0.15, -0.1) is 0 Å². The summed E-state index contributed by atoms with van der Waals surface area (Å²) in [6.45, 7) is 2.31. The molecule has 2 amide bonds. The van der Waals surface area contributed by atoms with E-state index >= 15 is 0 Å². The molecule has 0 bridgehead atoms. The molecular formula is C21H19BrN4O3. The van der Waals surface area contributed by atoms with Gasteiger partial charge in [0, 0.05) is 22.5 Å². The molecule has 2 N–H and O–H groups in total.